The van der Waals surface area contributed by atoms with Gasteiger partial charge in [-0.3, -0.25) is 9.78 Å². The molecule has 0 saturated carbocycles. The van der Waals surface area contributed by atoms with E-state index in [1.807, 2.05) is 13.0 Å². The van der Waals surface area contributed by atoms with Crippen molar-refractivity contribution in [2.24, 2.45) is 0 Å². The number of amides is 1. The molecule has 0 bridgehead atoms. The molecule has 0 spiro atoms. The number of carbonyl (C=O) groups is 1. The van der Waals surface area contributed by atoms with E-state index in [1.54, 1.807) is 13.3 Å². The Morgan fingerprint density at radius 1 is 1.24 bits per heavy atom. The molecule has 1 aliphatic carbocycles. The van der Waals surface area contributed by atoms with Gasteiger partial charge in [0.2, 0.25) is 0 Å². The van der Waals surface area contributed by atoms with Crippen molar-refractivity contribution in [2.45, 2.75) is 26.2 Å². The largest absolute Gasteiger partial charge is 0.495 e. The Labute approximate surface area is 123 Å². The Kier molecular flexibility index (Phi) is 3.56. The lowest BCUT2D eigenvalue weighted by atomic mass is 10.1. The van der Waals surface area contributed by atoms with Gasteiger partial charge in [-0.05, 0) is 43.4 Å². The summed E-state index contributed by atoms with van der Waals surface area (Å²) in [6, 6.07) is 3.98. The minimum Gasteiger partial charge on any atom is -0.495 e. The van der Waals surface area contributed by atoms with Crippen LogP contribution in [0.25, 0.3) is 0 Å². The van der Waals surface area contributed by atoms with E-state index >= 15 is 0 Å². The summed E-state index contributed by atoms with van der Waals surface area (Å²) in [7, 11) is 1.61. The van der Waals surface area contributed by atoms with Gasteiger partial charge in [-0.25, -0.2) is 4.98 Å². The van der Waals surface area contributed by atoms with Crippen molar-refractivity contribution in [1.29, 1.82) is 0 Å². The van der Waals surface area contributed by atoms with E-state index in [0.717, 1.165) is 30.6 Å². The Hall–Kier alpha value is -2.43. The Bertz CT molecular complexity index is 681. The van der Waals surface area contributed by atoms with Gasteiger partial charge in [0.15, 0.2) is 0 Å². The van der Waals surface area contributed by atoms with Gasteiger partial charge < -0.3 is 10.1 Å². The summed E-state index contributed by atoms with van der Waals surface area (Å²) in [5.74, 6) is 0.421. The fourth-order valence-electron chi connectivity index (χ4n) is 2.64. The molecule has 0 atom stereocenters. The van der Waals surface area contributed by atoms with Gasteiger partial charge in [-0.1, -0.05) is 6.07 Å². The summed E-state index contributed by atoms with van der Waals surface area (Å²) in [6.07, 6.45) is 6.19. The monoisotopic (exact) mass is 283 g/mol. The predicted molar refractivity (Wildman–Crippen MR) is 79.7 cm³/mol. The van der Waals surface area contributed by atoms with Crippen LogP contribution in [0, 0.1) is 6.92 Å². The van der Waals surface area contributed by atoms with Crippen LogP contribution in [0.3, 0.4) is 0 Å². The first-order chi connectivity index (χ1) is 10.2. The molecule has 1 N–H and O–H groups in total. The summed E-state index contributed by atoms with van der Waals surface area (Å²) in [5.41, 5.74) is 4.30. The van der Waals surface area contributed by atoms with Gasteiger partial charge >= 0.3 is 0 Å². The van der Waals surface area contributed by atoms with Gasteiger partial charge in [-0.2, -0.15) is 0 Å². The molecule has 0 radical (unpaired) electrons. The molecule has 2 aromatic rings. The minimum absolute atomic E-state index is 0.263. The molecule has 1 aromatic heterocycles. The molecule has 1 aliphatic rings. The van der Waals surface area contributed by atoms with Crippen LogP contribution in [0.5, 0.6) is 5.75 Å². The second-order valence-electron chi connectivity index (χ2n) is 5.13. The van der Waals surface area contributed by atoms with Crippen LogP contribution in [0.2, 0.25) is 0 Å². The SMILES string of the molecule is COc1ccc2c(c1NC(=O)c1cnc(C)cn1)CCC2. The van der Waals surface area contributed by atoms with E-state index in [2.05, 4.69) is 21.4 Å². The molecular weight excluding hydrogens is 266 g/mol. The summed E-state index contributed by atoms with van der Waals surface area (Å²) in [5, 5.41) is 2.93. The minimum atomic E-state index is -0.263. The molecule has 5 nitrogen and oxygen atoms in total. The lowest BCUT2D eigenvalue weighted by Gasteiger charge is -2.14. The fraction of sp³-hybridized carbons (Fsp3) is 0.312. The van der Waals surface area contributed by atoms with Crippen molar-refractivity contribution in [1.82, 2.24) is 9.97 Å². The Balaban J connectivity index is 1.92. The van der Waals surface area contributed by atoms with Gasteiger partial charge in [0, 0.05) is 6.20 Å². The van der Waals surface area contributed by atoms with E-state index < -0.39 is 0 Å². The molecule has 0 unspecified atom stereocenters. The number of anilines is 1. The second-order valence-corrected chi connectivity index (χ2v) is 5.13. The van der Waals surface area contributed by atoms with Crippen molar-refractivity contribution < 1.29 is 9.53 Å². The fourth-order valence-corrected chi connectivity index (χ4v) is 2.64. The molecule has 0 fully saturated rings. The summed E-state index contributed by atoms with van der Waals surface area (Å²) in [6.45, 7) is 1.84. The number of methoxy groups -OCH3 is 1. The first kappa shape index (κ1) is 13.5. The third kappa shape index (κ3) is 2.59. The zero-order valence-corrected chi connectivity index (χ0v) is 12.1. The smallest absolute Gasteiger partial charge is 0.275 e. The normalized spacial score (nSPS) is 12.9. The summed E-state index contributed by atoms with van der Waals surface area (Å²) in [4.78, 5) is 20.5. The molecule has 1 aromatic carbocycles. The molecule has 0 saturated heterocycles. The molecular formula is C16H17N3O2. The summed E-state index contributed by atoms with van der Waals surface area (Å²) < 4.78 is 5.38. The van der Waals surface area contributed by atoms with Crippen LogP contribution in [0.4, 0.5) is 5.69 Å². The number of rotatable bonds is 3. The van der Waals surface area contributed by atoms with Crippen LogP contribution in [0.1, 0.15) is 33.7 Å². The number of benzene rings is 1. The third-order valence-electron chi connectivity index (χ3n) is 3.72. The Morgan fingerprint density at radius 2 is 2.10 bits per heavy atom. The summed E-state index contributed by atoms with van der Waals surface area (Å²) >= 11 is 0. The maximum absolute atomic E-state index is 12.3. The standard InChI is InChI=1S/C16H17N3O2/c1-10-8-18-13(9-17-10)16(20)19-15-12-5-3-4-11(12)6-7-14(15)21-2/h6-9H,3-5H2,1-2H3,(H,19,20). The molecule has 1 amide bonds. The number of hydrogen-bond donors (Lipinski definition) is 1. The maximum Gasteiger partial charge on any atom is 0.275 e. The van der Waals surface area contributed by atoms with Crippen molar-refractivity contribution in [3.8, 4) is 5.75 Å². The average molecular weight is 283 g/mol. The van der Waals surface area contributed by atoms with Crippen molar-refractivity contribution in [2.75, 3.05) is 12.4 Å². The van der Waals surface area contributed by atoms with E-state index in [9.17, 15) is 4.79 Å². The van der Waals surface area contributed by atoms with Crippen LogP contribution >= 0.6 is 0 Å². The van der Waals surface area contributed by atoms with E-state index in [1.165, 1.54) is 17.3 Å². The van der Waals surface area contributed by atoms with E-state index in [0.29, 0.717) is 11.4 Å². The molecule has 108 valence electrons. The molecule has 5 heteroatoms. The van der Waals surface area contributed by atoms with Gasteiger partial charge in [0.05, 0.1) is 24.7 Å². The molecule has 3 rings (SSSR count). The number of aryl methyl sites for hydroxylation is 2. The molecule has 1 heterocycles. The number of ether oxygens (including phenoxy) is 1. The first-order valence-corrected chi connectivity index (χ1v) is 6.98. The zero-order valence-electron chi connectivity index (χ0n) is 12.1. The maximum atomic E-state index is 12.3. The number of fused-ring (bicyclic) bond motifs is 1. The first-order valence-electron chi connectivity index (χ1n) is 6.98. The average Bonchev–Trinajstić information content (AvgIpc) is 2.97. The highest BCUT2D eigenvalue weighted by Crippen LogP contribution is 2.36. The highest BCUT2D eigenvalue weighted by molar-refractivity contribution is 6.04. The van der Waals surface area contributed by atoms with Crippen LogP contribution in [-0.2, 0) is 12.8 Å². The van der Waals surface area contributed by atoms with Crippen molar-refractivity contribution >= 4 is 11.6 Å². The number of carbonyl (C=O) groups excluding carboxylic acids is 1. The quantitative estimate of drug-likeness (QED) is 0.940. The number of nitrogens with one attached hydrogen (secondary N) is 1. The lowest BCUT2D eigenvalue weighted by Crippen LogP contribution is -2.16. The van der Waals surface area contributed by atoms with E-state index in [4.69, 9.17) is 4.74 Å². The van der Waals surface area contributed by atoms with Gasteiger partial charge in [-0.15, -0.1) is 0 Å². The van der Waals surface area contributed by atoms with Crippen LogP contribution < -0.4 is 10.1 Å². The number of nitrogens with zero attached hydrogens (tertiary/aromatic N) is 2. The highest BCUT2D eigenvalue weighted by Gasteiger charge is 2.20. The van der Waals surface area contributed by atoms with Gasteiger partial charge in [0.1, 0.15) is 11.4 Å². The number of aromatic nitrogens is 2. The second kappa shape index (κ2) is 5.52. The molecule has 21 heavy (non-hydrogen) atoms. The highest BCUT2D eigenvalue weighted by atomic mass is 16.5. The third-order valence-corrected chi connectivity index (χ3v) is 3.72. The van der Waals surface area contributed by atoms with E-state index in [-0.39, 0.29) is 5.91 Å². The predicted octanol–water partition coefficient (Wildman–Crippen LogP) is 2.53. The van der Waals surface area contributed by atoms with Crippen molar-refractivity contribution in [3.63, 3.8) is 0 Å². The van der Waals surface area contributed by atoms with Crippen LogP contribution in [-0.4, -0.2) is 23.0 Å². The zero-order chi connectivity index (χ0) is 14.8. The van der Waals surface area contributed by atoms with Crippen LogP contribution in [0.15, 0.2) is 24.5 Å². The topological polar surface area (TPSA) is 64.1 Å². The Morgan fingerprint density at radius 3 is 2.81 bits per heavy atom. The number of hydrogen-bond acceptors (Lipinski definition) is 4. The van der Waals surface area contributed by atoms with Crippen molar-refractivity contribution in [3.05, 3.63) is 47.0 Å². The molecule has 0 aliphatic heterocycles. The van der Waals surface area contributed by atoms with Gasteiger partial charge in [0.25, 0.3) is 5.91 Å². The lowest BCUT2D eigenvalue weighted by molar-refractivity contribution is 0.102.